The Hall–Kier alpha value is -1.59. The van der Waals surface area contributed by atoms with Gasteiger partial charge in [-0.05, 0) is 12.1 Å². The fourth-order valence-corrected chi connectivity index (χ4v) is 1.90. The smallest absolute Gasteiger partial charge is 0.251 e. The van der Waals surface area contributed by atoms with Crippen molar-refractivity contribution in [2.24, 2.45) is 7.05 Å². The summed E-state index contributed by atoms with van der Waals surface area (Å²) >= 11 is 11.5. The molecule has 7 heteroatoms. The Morgan fingerprint density at radius 2 is 2.06 bits per heavy atom. The summed E-state index contributed by atoms with van der Waals surface area (Å²) in [6.45, 7) is 0.393. The highest BCUT2D eigenvalue weighted by Gasteiger charge is 2.08. The molecule has 2 aromatic rings. The first-order valence-electron chi connectivity index (χ1n) is 5.13. The molecule has 94 valence electrons. The molecular formula is C11H10Cl2N4O. The van der Waals surface area contributed by atoms with E-state index in [2.05, 4.69) is 15.4 Å². The van der Waals surface area contributed by atoms with Gasteiger partial charge in [-0.25, -0.2) is 4.98 Å². The average Bonchev–Trinajstić information content (AvgIpc) is 2.70. The Bertz CT molecular complexity index is 562. The number of carbonyl (C=O) groups is 1. The van der Waals surface area contributed by atoms with Gasteiger partial charge in [-0.15, -0.1) is 0 Å². The van der Waals surface area contributed by atoms with Gasteiger partial charge in [-0.2, -0.15) is 5.10 Å². The lowest BCUT2D eigenvalue weighted by Crippen LogP contribution is -2.22. The van der Waals surface area contributed by atoms with Gasteiger partial charge in [0.1, 0.15) is 10.3 Å². The Balaban J connectivity index is 2.03. The number of aryl methyl sites for hydroxylation is 1. The third kappa shape index (κ3) is 3.21. The molecule has 0 aliphatic heterocycles. The minimum atomic E-state index is -0.259. The van der Waals surface area contributed by atoms with E-state index in [1.807, 2.05) is 13.2 Å². The molecule has 18 heavy (non-hydrogen) atoms. The standard InChI is InChI=1S/C11H10Cl2N4O/c1-17-6-7(5-15-17)4-14-11(18)8-2-9(12)16-10(13)3-8/h2-3,5-6H,4H2,1H3,(H,14,18). The van der Waals surface area contributed by atoms with Gasteiger partial charge in [0.15, 0.2) is 0 Å². The zero-order valence-electron chi connectivity index (χ0n) is 9.52. The number of rotatable bonds is 3. The van der Waals surface area contributed by atoms with Crippen molar-refractivity contribution in [1.82, 2.24) is 20.1 Å². The highest BCUT2D eigenvalue weighted by molar-refractivity contribution is 6.33. The summed E-state index contributed by atoms with van der Waals surface area (Å²) in [6, 6.07) is 2.93. The quantitative estimate of drug-likeness (QED) is 0.878. The lowest BCUT2D eigenvalue weighted by atomic mass is 10.2. The summed E-state index contributed by atoms with van der Waals surface area (Å²) in [5.74, 6) is -0.259. The number of hydrogen-bond donors (Lipinski definition) is 1. The second-order valence-corrected chi connectivity index (χ2v) is 4.48. The molecule has 2 aromatic heterocycles. The summed E-state index contributed by atoms with van der Waals surface area (Å²) in [7, 11) is 1.81. The van der Waals surface area contributed by atoms with E-state index < -0.39 is 0 Å². The molecule has 0 spiro atoms. The molecule has 0 saturated heterocycles. The van der Waals surface area contributed by atoms with E-state index in [4.69, 9.17) is 23.2 Å². The number of halogens is 2. The predicted molar refractivity (Wildman–Crippen MR) is 68.6 cm³/mol. The molecule has 1 amide bonds. The summed E-state index contributed by atoms with van der Waals surface area (Å²) in [5.41, 5.74) is 1.29. The summed E-state index contributed by atoms with van der Waals surface area (Å²) in [6.07, 6.45) is 3.51. The zero-order chi connectivity index (χ0) is 13.1. The molecule has 0 saturated carbocycles. The number of nitrogens with zero attached hydrogens (tertiary/aromatic N) is 3. The van der Waals surface area contributed by atoms with Gasteiger partial charge in [0, 0.05) is 30.9 Å². The van der Waals surface area contributed by atoms with Crippen LogP contribution in [0.25, 0.3) is 0 Å². The van der Waals surface area contributed by atoms with E-state index in [0.717, 1.165) is 5.56 Å². The minimum Gasteiger partial charge on any atom is -0.348 e. The first kappa shape index (κ1) is 12.9. The van der Waals surface area contributed by atoms with Crippen LogP contribution in [0, 0.1) is 0 Å². The van der Waals surface area contributed by atoms with Crippen LogP contribution in [0.4, 0.5) is 0 Å². The first-order valence-corrected chi connectivity index (χ1v) is 5.89. The van der Waals surface area contributed by atoms with Crippen molar-refractivity contribution in [3.63, 3.8) is 0 Å². The normalized spacial score (nSPS) is 10.4. The monoisotopic (exact) mass is 284 g/mol. The molecule has 1 N–H and O–H groups in total. The largest absolute Gasteiger partial charge is 0.348 e. The molecule has 0 aliphatic rings. The van der Waals surface area contributed by atoms with Crippen LogP contribution in [0.15, 0.2) is 24.5 Å². The van der Waals surface area contributed by atoms with Crippen molar-refractivity contribution in [1.29, 1.82) is 0 Å². The topological polar surface area (TPSA) is 59.8 Å². The first-order chi connectivity index (χ1) is 8.54. The highest BCUT2D eigenvalue weighted by Crippen LogP contribution is 2.14. The van der Waals surface area contributed by atoms with Gasteiger partial charge >= 0.3 is 0 Å². The SMILES string of the molecule is Cn1cc(CNC(=O)c2cc(Cl)nc(Cl)c2)cn1. The highest BCUT2D eigenvalue weighted by atomic mass is 35.5. The lowest BCUT2D eigenvalue weighted by Gasteiger charge is -2.04. The lowest BCUT2D eigenvalue weighted by molar-refractivity contribution is 0.0951. The molecule has 0 aromatic carbocycles. The van der Waals surface area contributed by atoms with Crippen LogP contribution >= 0.6 is 23.2 Å². The molecule has 0 atom stereocenters. The van der Waals surface area contributed by atoms with E-state index >= 15 is 0 Å². The van der Waals surface area contributed by atoms with Crippen molar-refractivity contribution in [3.05, 3.63) is 46.0 Å². The van der Waals surface area contributed by atoms with E-state index in [0.29, 0.717) is 12.1 Å². The van der Waals surface area contributed by atoms with Crippen LogP contribution in [-0.4, -0.2) is 20.7 Å². The maximum absolute atomic E-state index is 11.8. The van der Waals surface area contributed by atoms with Crippen LogP contribution < -0.4 is 5.32 Å². The summed E-state index contributed by atoms with van der Waals surface area (Å²) in [5, 5.41) is 7.13. The van der Waals surface area contributed by atoms with Gasteiger partial charge in [0.2, 0.25) is 0 Å². The molecule has 5 nitrogen and oxygen atoms in total. The van der Waals surface area contributed by atoms with Crippen LogP contribution in [0.2, 0.25) is 10.3 Å². The molecule has 0 fully saturated rings. The van der Waals surface area contributed by atoms with Gasteiger partial charge in [-0.1, -0.05) is 23.2 Å². The number of pyridine rings is 1. The van der Waals surface area contributed by atoms with Gasteiger partial charge < -0.3 is 5.32 Å². The maximum Gasteiger partial charge on any atom is 0.251 e. The molecular weight excluding hydrogens is 275 g/mol. The van der Waals surface area contributed by atoms with Crippen LogP contribution in [0.3, 0.4) is 0 Å². The fraction of sp³-hybridized carbons (Fsp3) is 0.182. The molecule has 2 rings (SSSR count). The van der Waals surface area contributed by atoms with E-state index in [9.17, 15) is 4.79 Å². The average molecular weight is 285 g/mol. The predicted octanol–water partition coefficient (Wildman–Crippen LogP) is 2.05. The molecule has 0 radical (unpaired) electrons. The number of hydrogen-bond acceptors (Lipinski definition) is 3. The van der Waals surface area contributed by atoms with Crippen molar-refractivity contribution < 1.29 is 4.79 Å². The Labute approximate surface area is 114 Å². The number of nitrogens with one attached hydrogen (secondary N) is 1. The van der Waals surface area contributed by atoms with Gasteiger partial charge in [0.25, 0.3) is 5.91 Å². The van der Waals surface area contributed by atoms with Crippen molar-refractivity contribution in [2.45, 2.75) is 6.54 Å². The Kier molecular flexibility index (Phi) is 3.84. The Morgan fingerprint density at radius 3 is 2.61 bits per heavy atom. The summed E-state index contributed by atoms with van der Waals surface area (Å²) < 4.78 is 1.67. The number of aromatic nitrogens is 3. The second kappa shape index (κ2) is 5.37. The Morgan fingerprint density at radius 1 is 1.39 bits per heavy atom. The van der Waals surface area contributed by atoms with Crippen molar-refractivity contribution in [3.8, 4) is 0 Å². The second-order valence-electron chi connectivity index (χ2n) is 3.71. The molecule has 0 unspecified atom stereocenters. The van der Waals surface area contributed by atoms with Gasteiger partial charge in [-0.3, -0.25) is 9.48 Å². The number of amides is 1. The van der Waals surface area contributed by atoms with E-state index in [1.165, 1.54) is 12.1 Å². The minimum absolute atomic E-state index is 0.189. The third-order valence-electron chi connectivity index (χ3n) is 2.24. The summed E-state index contributed by atoms with van der Waals surface area (Å²) in [4.78, 5) is 15.6. The third-order valence-corrected chi connectivity index (χ3v) is 2.62. The molecule has 2 heterocycles. The van der Waals surface area contributed by atoms with Crippen molar-refractivity contribution in [2.75, 3.05) is 0 Å². The van der Waals surface area contributed by atoms with Crippen LogP contribution in [0.1, 0.15) is 15.9 Å². The van der Waals surface area contributed by atoms with Crippen LogP contribution in [0.5, 0.6) is 0 Å². The molecule has 0 aliphatic carbocycles. The zero-order valence-corrected chi connectivity index (χ0v) is 11.0. The van der Waals surface area contributed by atoms with Crippen molar-refractivity contribution >= 4 is 29.1 Å². The van der Waals surface area contributed by atoms with E-state index in [1.54, 1.807) is 10.9 Å². The number of carbonyl (C=O) groups excluding carboxylic acids is 1. The van der Waals surface area contributed by atoms with E-state index in [-0.39, 0.29) is 16.2 Å². The fourth-order valence-electron chi connectivity index (χ4n) is 1.44. The van der Waals surface area contributed by atoms with Crippen LogP contribution in [-0.2, 0) is 13.6 Å². The van der Waals surface area contributed by atoms with Gasteiger partial charge in [0.05, 0.1) is 6.20 Å². The maximum atomic E-state index is 11.8. The molecule has 0 bridgehead atoms.